The number of aryl methyl sites for hydroxylation is 1. The number of benzene rings is 1. The zero-order chi connectivity index (χ0) is 9.42. The number of rotatable bonds is 1. The molecule has 2 rings (SSSR count). The van der Waals surface area contributed by atoms with E-state index in [2.05, 4.69) is 40.3 Å². The van der Waals surface area contributed by atoms with Crippen LogP contribution in [-0.4, -0.2) is 22.1 Å². The van der Waals surface area contributed by atoms with E-state index < -0.39 is 0 Å². The molecule has 1 heterocycles. The summed E-state index contributed by atoms with van der Waals surface area (Å²) in [5.74, 6) is 0. The number of hydrogen-bond acceptors (Lipinski definition) is 1. The summed E-state index contributed by atoms with van der Waals surface area (Å²) in [6, 6.07) is 6.53. The molecule has 13 heavy (non-hydrogen) atoms. The number of fused-ring (bicyclic) bond motifs is 1. The summed E-state index contributed by atoms with van der Waals surface area (Å²) in [5, 5.41) is 0. The minimum atomic E-state index is -0.00338. The van der Waals surface area contributed by atoms with Gasteiger partial charge in [0.2, 0.25) is 0 Å². The van der Waals surface area contributed by atoms with Crippen LogP contribution in [0.15, 0.2) is 29.4 Å². The van der Waals surface area contributed by atoms with Gasteiger partial charge in [0.15, 0.2) is 0 Å². The Morgan fingerprint density at radius 3 is 2.77 bits per heavy atom. The summed E-state index contributed by atoms with van der Waals surface area (Å²) in [6.07, 6.45) is 6.40. The molecule has 0 aliphatic heterocycles. The zero-order valence-electron chi connectivity index (χ0n) is 8.15. The Hall–Kier alpha value is -0.960. The lowest BCUT2D eigenvalue weighted by atomic mass is 10.3. The van der Waals surface area contributed by atoms with Crippen LogP contribution in [-0.2, 0) is 7.05 Å². The third-order valence-electron chi connectivity index (χ3n) is 2.23. The Kier molecular flexibility index (Phi) is 2.04. The zero-order valence-corrected chi connectivity index (χ0v) is 9.05. The van der Waals surface area contributed by atoms with Gasteiger partial charge >= 0.3 is 0 Å². The van der Waals surface area contributed by atoms with E-state index in [1.165, 1.54) is 10.4 Å². The molecule has 0 aliphatic carbocycles. The minimum absolute atomic E-state index is 0.00338. The monoisotopic (exact) mass is 194 g/mol. The molecule has 2 nitrogen and oxygen atoms in total. The average molecular weight is 194 g/mol. The lowest BCUT2D eigenvalue weighted by Gasteiger charge is -2.09. The second-order valence-corrected chi connectivity index (χ2v) is 5.73. The minimum Gasteiger partial charge on any atom is -0.334 e. The second kappa shape index (κ2) is 3.07. The van der Waals surface area contributed by atoms with E-state index in [9.17, 15) is 0 Å². The van der Waals surface area contributed by atoms with Crippen LogP contribution >= 0.6 is 10.9 Å². The summed E-state index contributed by atoms with van der Waals surface area (Å²) in [6.45, 7) is 0. The highest BCUT2D eigenvalue weighted by atomic mass is 32.2. The van der Waals surface area contributed by atoms with Crippen molar-refractivity contribution in [1.29, 1.82) is 0 Å². The molecule has 0 N–H and O–H groups in total. The molecule has 0 spiro atoms. The molecule has 2 aromatic rings. The molecule has 1 aromatic heterocycles. The predicted molar refractivity (Wildman–Crippen MR) is 59.8 cm³/mol. The van der Waals surface area contributed by atoms with Gasteiger partial charge in [0.05, 0.1) is 17.4 Å². The number of nitrogens with zero attached hydrogens (tertiary/aromatic N) is 2. The van der Waals surface area contributed by atoms with Crippen LogP contribution in [0.3, 0.4) is 0 Å². The van der Waals surface area contributed by atoms with Crippen molar-refractivity contribution in [3.8, 4) is 0 Å². The first-order valence-corrected chi connectivity index (χ1v) is 6.50. The molecule has 0 saturated heterocycles. The van der Waals surface area contributed by atoms with Gasteiger partial charge < -0.3 is 4.57 Å². The molecule has 3 heteroatoms. The summed E-state index contributed by atoms with van der Waals surface area (Å²) in [7, 11) is 2.03. The third-order valence-corrected chi connectivity index (χ3v) is 3.54. The fourth-order valence-electron chi connectivity index (χ4n) is 1.39. The van der Waals surface area contributed by atoms with Crippen molar-refractivity contribution < 1.29 is 0 Å². The van der Waals surface area contributed by atoms with E-state index in [-0.39, 0.29) is 10.9 Å². The van der Waals surface area contributed by atoms with Crippen LogP contribution in [0.2, 0.25) is 0 Å². The van der Waals surface area contributed by atoms with Gasteiger partial charge in [-0.3, -0.25) is 0 Å². The van der Waals surface area contributed by atoms with Gasteiger partial charge in [-0.15, -0.1) is 0 Å². The highest BCUT2D eigenvalue weighted by Gasteiger charge is 2.01. The lowest BCUT2D eigenvalue weighted by molar-refractivity contribution is 0.946. The molecule has 0 amide bonds. The lowest BCUT2D eigenvalue weighted by Crippen LogP contribution is -1.85. The molecule has 0 atom stereocenters. The van der Waals surface area contributed by atoms with E-state index in [0.29, 0.717) is 0 Å². The van der Waals surface area contributed by atoms with Crippen LogP contribution < -0.4 is 0 Å². The summed E-state index contributed by atoms with van der Waals surface area (Å²) in [5.41, 5.74) is 2.32. The van der Waals surface area contributed by atoms with Gasteiger partial charge in [0.25, 0.3) is 0 Å². The van der Waals surface area contributed by atoms with Gasteiger partial charge in [0, 0.05) is 7.05 Å². The Morgan fingerprint density at radius 1 is 1.31 bits per heavy atom. The maximum Gasteiger partial charge on any atom is 0.0955 e. The maximum absolute atomic E-state index is 4.29. The van der Waals surface area contributed by atoms with E-state index in [4.69, 9.17) is 0 Å². The molecular weight excluding hydrogens is 180 g/mol. The van der Waals surface area contributed by atoms with Crippen molar-refractivity contribution in [2.24, 2.45) is 7.05 Å². The van der Waals surface area contributed by atoms with E-state index in [1.807, 2.05) is 13.4 Å². The van der Waals surface area contributed by atoms with Gasteiger partial charge in [-0.1, -0.05) is 0 Å². The van der Waals surface area contributed by atoms with Gasteiger partial charge in [-0.25, -0.2) is 15.9 Å². The Labute approximate surface area is 80.9 Å². The SMILES string of the molecule is Cn1cnc2ccc([SH](C)C)cc21. The first kappa shape index (κ1) is 8.63. The molecule has 0 bridgehead atoms. The number of thiol groups is 1. The van der Waals surface area contributed by atoms with Gasteiger partial charge in [-0.2, -0.15) is 0 Å². The molecule has 0 radical (unpaired) electrons. The molecule has 0 aliphatic rings. The van der Waals surface area contributed by atoms with Crippen LogP contribution in [0, 0.1) is 0 Å². The normalized spacial score (nSPS) is 12.1. The van der Waals surface area contributed by atoms with Crippen LogP contribution in [0.1, 0.15) is 0 Å². The van der Waals surface area contributed by atoms with Crippen LogP contribution in [0.25, 0.3) is 11.0 Å². The topological polar surface area (TPSA) is 17.8 Å². The highest BCUT2D eigenvalue weighted by Crippen LogP contribution is 2.30. The van der Waals surface area contributed by atoms with Crippen LogP contribution in [0.5, 0.6) is 0 Å². The summed E-state index contributed by atoms with van der Waals surface area (Å²) in [4.78, 5) is 5.73. The molecule has 0 unspecified atom stereocenters. The Bertz CT molecular complexity index is 431. The number of imidazole rings is 1. The van der Waals surface area contributed by atoms with Crippen molar-refractivity contribution in [3.05, 3.63) is 24.5 Å². The third kappa shape index (κ3) is 1.44. The molecule has 70 valence electrons. The standard InChI is InChI=1S/C10H14N2S/c1-12-7-11-9-5-4-8(13(2)3)6-10(9)12/h4-7,13H,1-3H3. The smallest absolute Gasteiger partial charge is 0.0955 e. The second-order valence-electron chi connectivity index (χ2n) is 3.42. The molecule has 1 aromatic carbocycles. The quantitative estimate of drug-likeness (QED) is 0.689. The van der Waals surface area contributed by atoms with Gasteiger partial charge in [0.1, 0.15) is 0 Å². The summed E-state index contributed by atoms with van der Waals surface area (Å²) < 4.78 is 2.07. The number of hydrogen-bond donors (Lipinski definition) is 1. The van der Waals surface area contributed by atoms with Crippen molar-refractivity contribution in [2.75, 3.05) is 12.5 Å². The van der Waals surface area contributed by atoms with E-state index in [1.54, 1.807) is 0 Å². The van der Waals surface area contributed by atoms with Crippen molar-refractivity contribution in [1.82, 2.24) is 9.55 Å². The van der Waals surface area contributed by atoms with Crippen molar-refractivity contribution in [3.63, 3.8) is 0 Å². The van der Waals surface area contributed by atoms with Crippen molar-refractivity contribution in [2.45, 2.75) is 4.90 Å². The van der Waals surface area contributed by atoms with E-state index in [0.717, 1.165) is 5.52 Å². The van der Waals surface area contributed by atoms with Crippen LogP contribution in [0.4, 0.5) is 0 Å². The molecular formula is C10H14N2S. The Morgan fingerprint density at radius 2 is 2.08 bits per heavy atom. The van der Waals surface area contributed by atoms with Crippen molar-refractivity contribution >= 4 is 21.9 Å². The number of aromatic nitrogens is 2. The predicted octanol–water partition coefficient (Wildman–Crippen LogP) is 2.19. The Balaban J connectivity index is 2.66. The fourth-order valence-corrected chi connectivity index (χ4v) is 2.15. The average Bonchev–Trinajstić information content (AvgIpc) is 2.47. The highest BCUT2D eigenvalue weighted by molar-refractivity contribution is 8.15. The fraction of sp³-hybridized carbons (Fsp3) is 0.300. The van der Waals surface area contributed by atoms with Gasteiger partial charge in [-0.05, 0) is 35.6 Å². The van der Waals surface area contributed by atoms with E-state index >= 15 is 0 Å². The summed E-state index contributed by atoms with van der Waals surface area (Å²) >= 11 is 0. The molecule has 0 fully saturated rings. The first-order chi connectivity index (χ1) is 6.18. The first-order valence-electron chi connectivity index (χ1n) is 4.27. The molecule has 0 saturated carbocycles. The maximum atomic E-state index is 4.29. The largest absolute Gasteiger partial charge is 0.334 e.